The van der Waals surface area contributed by atoms with Gasteiger partial charge in [0.1, 0.15) is 0 Å². The molecular weight excluding hydrogens is 378 g/mol. The van der Waals surface area contributed by atoms with Crippen LogP contribution in [-0.2, 0) is 4.79 Å². The lowest BCUT2D eigenvalue weighted by Gasteiger charge is -2.46. The first kappa shape index (κ1) is 19.2. The van der Waals surface area contributed by atoms with Gasteiger partial charge in [0.2, 0.25) is 12.7 Å². The number of carbonyl (C=O) groups excluding carboxylic acids is 1. The third-order valence-electron chi connectivity index (χ3n) is 6.33. The molecule has 0 aromatic heterocycles. The fourth-order valence-corrected chi connectivity index (χ4v) is 4.96. The van der Waals surface area contributed by atoms with E-state index < -0.39 is 0 Å². The van der Waals surface area contributed by atoms with Gasteiger partial charge in [0.05, 0.1) is 6.04 Å². The molecule has 6 nitrogen and oxygen atoms in total. The van der Waals surface area contributed by atoms with Crippen molar-refractivity contribution in [2.24, 2.45) is 0 Å². The second-order valence-corrected chi connectivity index (χ2v) is 8.49. The minimum atomic E-state index is -0.0674. The van der Waals surface area contributed by atoms with Crippen LogP contribution in [0.3, 0.4) is 0 Å². The topological polar surface area (TPSA) is 62.8 Å². The Morgan fingerprint density at radius 1 is 1.10 bits per heavy atom. The van der Waals surface area contributed by atoms with Gasteiger partial charge in [-0.25, -0.2) is 0 Å². The van der Waals surface area contributed by atoms with E-state index in [1.165, 1.54) is 18.1 Å². The van der Waals surface area contributed by atoms with E-state index in [9.17, 15) is 4.79 Å². The minimum absolute atomic E-state index is 0.0380. The standard InChI is InChI=1S/C24H27N3O3/c1-14(28)25-16-9-7-15(8-10-16)23-19-12-22-21(29-13-30-22)11-18(19)17-5-4-6-20(27(2)3)24(17)26-23/h4,6-12,17,20,23-24,26H,5,13H2,1-3H3,(H,25,28)/t17-,20-,23?,24?/m0/s1. The van der Waals surface area contributed by atoms with Gasteiger partial charge < -0.3 is 25.0 Å². The molecule has 0 bridgehead atoms. The summed E-state index contributed by atoms with van der Waals surface area (Å²) in [7, 11) is 4.26. The van der Waals surface area contributed by atoms with E-state index in [-0.39, 0.29) is 24.8 Å². The van der Waals surface area contributed by atoms with Crippen molar-refractivity contribution in [3.63, 3.8) is 0 Å². The van der Waals surface area contributed by atoms with Crippen molar-refractivity contribution in [3.8, 4) is 11.5 Å². The molecule has 156 valence electrons. The summed E-state index contributed by atoms with van der Waals surface area (Å²) < 4.78 is 11.4. The Labute approximate surface area is 176 Å². The third kappa shape index (κ3) is 3.26. The molecule has 0 spiro atoms. The molecule has 0 saturated heterocycles. The van der Waals surface area contributed by atoms with Crippen molar-refractivity contribution < 1.29 is 14.3 Å². The lowest BCUT2D eigenvalue weighted by atomic mass is 9.73. The highest BCUT2D eigenvalue weighted by molar-refractivity contribution is 5.88. The molecule has 2 heterocycles. The van der Waals surface area contributed by atoms with Crippen molar-refractivity contribution in [2.75, 3.05) is 26.2 Å². The van der Waals surface area contributed by atoms with Crippen LogP contribution in [0.2, 0.25) is 0 Å². The number of rotatable bonds is 3. The second kappa shape index (κ2) is 7.45. The average Bonchev–Trinajstić information content (AvgIpc) is 3.19. The lowest BCUT2D eigenvalue weighted by molar-refractivity contribution is -0.114. The quantitative estimate of drug-likeness (QED) is 0.767. The van der Waals surface area contributed by atoms with Crippen LogP contribution in [0.1, 0.15) is 42.0 Å². The molecule has 3 aliphatic rings. The smallest absolute Gasteiger partial charge is 0.231 e. The Bertz CT molecular complexity index is 1000. The molecule has 2 aliphatic heterocycles. The Kier molecular flexibility index (Phi) is 4.76. The van der Waals surface area contributed by atoms with Crippen molar-refractivity contribution in [3.05, 3.63) is 65.2 Å². The van der Waals surface area contributed by atoms with Gasteiger partial charge in [-0.2, -0.15) is 0 Å². The fourth-order valence-electron chi connectivity index (χ4n) is 4.96. The number of amides is 1. The van der Waals surface area contributed by atoms with Crippen molar-refractivity contribution in [1.29, 1.82) is 0 Å². The van der Waals surface area contributed by atoms with E-state index in [4.69, 9.17) is 9.47 Å². The highest BCUT2D eigenvalue weighted by Crippen LogP contribution is 2.47. The lowest BCUT2D eigenvalue weighted by Crippen LogP contribution is -2.54. The summed E-state index contributed by atoms with van der Waals surface area (Å²) in [6, 6.07) is 13.0. The third-order valence-corrected chi connectivity index (χ3v) is 6.33. The average molecular weight is 405 g/mol. The zero-order valence-corrected chi connectivity index (χ0v) is 17.5. The number of nitrogens with zero attached hydrogens (tertiary/aromatic N) is 1. The highest BCUT2D eigenvalue weighted by atomic mass is 16.7. The highest BCUT2D eigenvalue weighted by Gasteiger charge is 2.41. The number of benzene rings is 2. The maximum absolute atomic E-state index is 11.4. The summed E-state index contributed by atoms with van der Waals surface area (Å²) in [5.41, 5.74) is 4.53. The largest absolute Gasteiger partial charge is 0.454 e. The van der Waals surface area contributed by atoms with E-state index in [0.717, 1.165) is 29.2 Å². The molecule has 2 aromatic carbocycles. The van der Waals surface area contributed by atoms with E-state index in [1.807, 2.05) is 12.1 Å². The number of hydrogen-bond acceptors (Lipinski definition) is 5. The number of allylic oxidation sites excluding steroid dienone is 1. The van der Waals surface area contributed by atoms with Crippen LogP contribution in [0, 0.1) is 0 Å². The van der Waals surface area contributed by atoms with Gasteiger partial charge in [0.15, 0.2) is 11.5 Å². The number of ether oxygens (including phenoxy) is 2. The second-order valence-electron chi connectivity index (χ2n) is 8.49. The monoisotopic (exact) mass is 405 g/mol. The summed E-state index contributed by atoms with van der Waals surface area (Å²) in [4.78, 5) is 13.6. The molecular formula is C24H27N3O3. The van der Waals surface area contributed by atoms with Gasteiger partial charge in [0.25, 0.3) is 0 Å². The van der Waals surface area contributed by atoms with Crippen molar-refractivity contribution in [1.82, 2.24) is 10.2 Å². The van der Waals surface area contributed by atoms with Gasteiger partial charge >= 0.3 is 0 Å². The number of anilines is 1. The Hall–Kier alpha value is -2.83. The Morgan fingerprint density at radius 3 is 2.47 bits per heavy atom. The molecule has 6 heteroatoms. The number of fused-ring (bicyclic) bond motifs is 4. The van der Waals surface area contributed by atoms with Crippen LogP contribution in [0.5, 0.6) is 11.5 Å². The number of likely N-dealkylation sites (N-methyl/N-ethyl adjacent to an activating group) is 1. The molecule has 0 fully saturated rings. The number of nitrogens with one attached hydrogen (secondary N) is 2. The predicted molar refractivity (Wildman–Crippen MR) is 116 cm³/mol. The summed E-state index contributed by atoms with van der Waals surface area (Å²) >= 11 is 0. The Morgan fingerprint density at radius 2 is 1.80 bits per heavy atom. The van der Waals surface area contributed by atoms with E-state index in [0.29, 0.717) is 12.0 Å². The molecule has 5 rings (SSSR count). The maximum Gasteiger partial charge on any atom is 0.231 e. The predicted octanol–water partition coefficient (Wildman–Crippen LogP) is 3.41. The summed E-state index contributed by atoms with van der Waals surface area (Å²) in [6.45, 7) is 1.80. The molecule has 2 unspecified atom stereocenters. The fraction of sp³-hybridized carbons (Fsp3) is 0.375. The van der Waals surface area contributed by atoms with E-state index >= 15 is 0 Å². The van der Waals surface area contributed by atoms with Gasteiger partial charge in [-0.05, 0) is 61.5 Å². The molecule has 1 aliphatic carbocycles. The first-order valence-electron chi connectivity index (χ1n) is 10.4. The van der Waals surface area contributed by atoms with Crippen molar-refractivity contribution >= 4 is 11.6 Å². The van der Waals surface area contributed by atoms with E-state index in [1.54, 1.807) is 0 Å². The van der Waals surface area contributed by atoms with Gasteiger partial charge in [-0.1, -0.05) is 24.3 Å². The van der Waals surface area contributed by atoms with Gasteiger partial charge in [-0.3, -0.25) is 4.79 Å². The summed E-state index contributed by atoms with van der Waals surface area (Å²) in [5, 5.41) is 6.78. The normalized spacial score (nSPS) is 26.3. The zero-order chi connectivity index (χ0) is 20.8. The van der Waals surface area contributed by atoms with Crippen LogP contribution in [0.4, 0.5) is 5.69 Å². The van der Waals surface area contributed by atoms with Gasteiger partial charge in [-0.15, -0.1) is 0 Å². The molecule has 2 N–H and O–H groups in total. The molecule has 0 radical (unpaired) electrons. The molecule has 0 saturated carbocycles. The van der Waals surface area contributed by atoms with Gasteiger partial charge in [0, 0.05) is 30.6 Å². The first-order chi connectivity index (χ1) is 14.5. The van der Waals surface area contributed by atoms with E-state index in [2.05, 4.69) is 66.0 Å². The van der Waals surface area contributed by atoms with Crippen LogP contribution < -0.4 is 20.1 Å². The number of hydrogen-bond donors (Lipinski definition) is 2. The number of carbonyl (C=O) groups is 1. The molecule has 1 amide bonds. The molecule has 30 heavy (non-hydrogen) atoms. The SMILES string of the molecule is CC(=O)Nc1ccc(C2NC3[C@@H](CC=C[C@@H]3N(C)C)c3cc4c(cc32)OCO4)cc1. The maximum atomic E-state index is 11.4. The molecule has 4 atom stereocenters. The molecule has 2 aromatic rings. The van der Waals surface area contributed by atoms with Crippen LogP contribution in [0.25, 0.3) is 0 Å². The van der Waals surface area contributed by atoms with Crippen LogP contribution in [-0.4, -0.2) is 43.8 Å². The zero-order valence-electron chi connectivity index (χ0n) is 17.5. The summed E-state index contributed by atoms with van der Waals surface area (Å²) in [6.07, 6.45) is 5.61. The Balaban J connectivity index is 1.58. The summed E-state index contributed by atoms with van der Waals surface area (Å²) in [5.74, 6) is 1.96. The minimum Gasteiger partial charge on any atom is -0.454 e. The van der Waals surface area contributed by atoms with Crippen LogP contribution >= 0.6 is 0 Å². The van der Waals surface area contributed by atoms with Crippen LogP contribution in [0.15, 0.2) is 48.6 Å². The first-order valence-corrected chi connectivity index (χ1v) is 10.4. The van der Waals surface area contributed by atoms with Crippen molar-refractivity contribution in [2.45, 2.75) is 37.4 Å².